The zero-order chi connectivity index (χ0) is 22.6. The van der Waals surface area contributed by atoms with Crippen LogP contribution >= 0.6 is 0 Å². The highest BCUT2D eigenvalue weighted by atomic mass is 16.5. The highest BCUT2D eigenvalue weighted by Gasteiger charge is 2.63. The second-order valence-electron chi connectivity index (χ2n) is 10.5. The average Bonchev–Trinajstić information content (AvgIpc) is 3.67. The van der Waals surface area contributed by atoms with Gasteiger partial charge >= 0.3 is 0 Å². The number of benzene rings is 1. The molecule has 3 atom stereocenters. The van der Waals surface area contributed by atoms with Crippen molar-refractivity contribution in [3.63, 3.8) is 0 Å². The quantitative estimate of drug-likeness (QED) is 0.781. The maximum atomic E-state index is 13.3. The maximum Gasteiger partial charge on any atom is 0.255 e. The van der Waals surface area contributed by atoms with Gasteiger partial charge in [-0.15, -0.1) is 0 Å². The number of aliphatic hydroxyl groups is 1. The zero-order valence-electron chi connectivity index (χ0n) is 19.4. The Kier molecular flexibility index (Phi) is 5.00. The van der Waals surface area contributed by atoms with Gasteiger partial charge in [0.25, 0.3) is 5.91 Å². The van der Waals surface area contributed by atoms with Crippen molar-refractivity contribution in [2.75, 3.05) is 33.3 Å². The van der Waals surface area contributed by atoms with Crippen molar-refractivity contribution >= 4 is 5.91 Å². The van der Waals surface area contributed by atoms with E-state index in [4.69, 9.17) is 4.74 Å². The first-order valence-corrected chi connectivity index (χ1v) is 12.4. The summed E-state index contributed by atoms with van der Waals surface area (Å²) < 4.78 is 5.59. The number of ether oxygens (including phenoxy) is 1. The van der Waals surface area contributed by atoms with E-state index in [1.807, 2.05) is 17.0 Å². The summed E-state index contributed by atoms with van der Waals surface area (Å²) in [6.07, 6.45) is 9.11. The lowest BCUT2D eigenvalue weighted by Gasteiger charge is -2.61. The summed E-state index contributed by atoms with van der Waals surface area (Å²) in [7, 11) is 1.71. The zero-order valence-corrected chi connectivity index (χ0v) is 19.4. The van der Waals surface area contributed by atoms with Crippen LogP contribution in [0.15, 0.2) is 42.7 Å². The largest absolute Gasteiger partial charge is 0.497 e. The topological polar surface area (TPSA) is 65.9 Å². The molecule has 1 aromatic heterocycles. The molecule has 174 valence electrons. The van der Waals surface area contributed by atoms with Crippen molar-refractivity contribution in [1.82, 2.24) is 14.8 Å². The lowest BCUT2D eigenvalue weighted by molar-refractivity contribution is -0.149. The number of methoxy groups -OCH3 is 1. The van der Waals surface area contributed by atoms with Gasteiger partial charge in [-0.25, -0.2) is 0 Å². The Hall–Kier alpha value is -2.44. The lowest BCUT2D eigenvalue weighted by Crippen LogP contribution is -2.71. The monoisotopic (exact) mass is 447 g/mol. The number of hydrogen-bond acceptors (Lipinski definition) is 5. The van der Waals surface area contributed by atoms with Gasteiger partial charge in [0, 0.05) is 43.5 Å². The number of amides is 1. The fourth-order valence-electron chi connectivity index (χ4n) is 6.86. The Morgan fingerprint density at radius 1 is 1.18 bits per heavy atom. The minimum Gasteiger partial charge on any atom is -0.497 e. The molecule has 6 heteroatoms. The molecule has 2 aliphatic carbocycles. The molecule has 1 N–H and O–H groups in total. The summed E-state index contributed by atoms with van der Waals surface area (Å²) in [6, 6.07) is 10.1. The Labute approximate surface area is 195 Å². The SMILES string of the molecule is COc1ccc2c(c1)[C@@]13CCN(C(=O)c4cccnc4)CC[C@@]1(O)[C@@H](C2)N(CC1CC1)CC3. The van der Waals surface area contributed by atoms with Crippen molar-refractivity contribution in [3.8, 4) is 5.75 Å². The summed E-state index contributed by atoms with van der Waals surface area (Å²) in [6.45, 7) is 3.31. The van der Waals surface area contributed by atoms with Gasteiger partial charge < -0.3 is 14.7 Å². The molecule has 0 spiro atoms. The molecule has 6 rings (SSSR count). The normalized spacial score (nSPS) is 31.3. The number of hydrogen-bond donors (Lipinski definition) is 1. The van der Waals surface area contributed by atoms with E-state index < -0.39 is 5.60 Å². The molecule has 3 heterocycles. The van der Waals surface area contributed by atoms with Crippen molar-refractivity contribution < 1.29 is 14.6 Å². The third-order valence-electron chi connectivity index (χ3n) is 8.85. The molecule has 33 heavy (non-hydrogen) atoms. The van der Waals surface area contributed by atoms with Crippen LogP contribution in [0.4, 0.5) is 0 Å². The van der Waals surface area contributed by atoms with E-state index in [2.05, 4.69) is 28.1 Å². The van der Waals surface area contributed by atoms with Crippen LogP contribution in [0.1, 0.15) is 53.6 Å². The molecule has 4 aliphatic rings. The van der Waals surface area contributed by atoms with Crippen LogP contribution in [0, 0.1) is 5.92 Å². The second-order valence-corrected chi connectivity index (χ2v) is 10.5. The Balaban J connectivity index is 1.40. The number of piperidine rings is 1. The van der Waals surface area contributed by atoms with E-state index in [1.54, 1.807) is 19.5 Å². The summed E-state index contributed by atoms with van der Waals surface area (Å²) in [5, 5.41) is 12.6. The van der Waals surface area contributed by atoms with Gasteiger partial charge in [0.1, 0.15) is 5.75 Å². The number of carbonyl (C=O) groups is 1. The minimum absolute atomic E-state index is 0.0111. The highest BCUT2D eigenvalue weighted by Crippen LogP contribution is 2.56. The number of nitrogens with zero attached hydrogens (tertiary/aromatic N) is 3. The van der Waals surface area contributed by atoms with E-state index in [0.29, 0.717) is 25.1 Å². The van der Waals surface area contributed by atoms with Gasteiger partial charge in [0.2, 0.25) is 0 Å². The van der Waals surface area contributed by atoms with Crippen LogP contribution in [-0.2, 0) is 11.8 Å². The molecule has 1 saturated carbocycles. The van der Waals surface area contributed by atoms with Crippen molar-refractivity contribution in [3.05, 3.63) is 59.4 Å². The van der Waals surface area contributed by atoms with Gasteiger partial charge in [-0.3, -0.25) is 14.7 Å². The minimum atomic E-state index is -0.858. The molecule has 0 unspecified atom stereocenters. The third kappa shape index (κ3) is 3.29. The lowest BCUT2D eigenvalue weighted by atomic mass is 9.52. The number of pyridine rings is 1. The first-order chi connectivity index (χ1) is 16.0. The smallest absolute Gasteiger partial charge is 0.255 e. The first-order valence-electron chi connectivity index (χ1n) is 12.4. The van der Waals surface area contributed by atoms with Crippen molar-refractivity contribution in [2.45, 2.75) is 55.6 Å². The predicted molar refractivity (Wildman–Crippen MR) is 125 cm³/mol. The molecule has 2 aliphatic heterocycles. The standard InChI is InChI=1S/C27H33N3O3/c1-33-22-7-6-20-15-24-27(32)10-14-29(25(31)21-3-2-11-28-17-21)12-8-26(27,23(20)16-22)9-13-30(24)18-19-4-5-19/h2-3,6-7,11,16-17,19,24,32H,4-5,8-10,12-15,18H2,1H3/t24-,26+,27-/m1/s1. The summed E-state index contributed by atoms with van der Waals surface area (Å²) >= 11 is 0. The Bertz CT molecular complexity index is 1060. The molecular weight excluding hydrogens is 414 g/mol. The number of aromatic nitrogens is 1. The number of fused-ring (bicyclic) bond motifs is 1. The van der Waals surface area contributed by atoms with Crippen LogP contribution in [-0.4, -0.2) is 70.7 Å². The third-order valence-corrected chi connectivity index (χ3v) is 8.85. The van der Waals surface area contributed by atoms with Crippen molar-refractivity contribution in [2.24, 2.45) is 5.92 Å². The van der Waals surface area contributed by atoms with Crippen LogP contribution in [0.2, 0.25) is 0 Å². The maximum absolute atomic E-state index is 13.3. The summed E-state index contributed by atoms with van der Waals surface area (Å²) in [5.41, 5.74) is 1.97. The first kappa shape index (κ1) is 21.1. The van der Waals surface area contributed by atoms with Gasteiger partial charge in [-0.1, -0.05) is 6.07 Å². The predicted octanol–water partition coefficient (Wildman–Crippen LogP) is 3.04. The van der Waals surface area contributed by atoms with E-state index in [1.165, 1.54) is 24.0 Å². The fourth-order valence-corrected chi connectivity index (χ4v) is 6.86. The van der Waals surface area contributed by atoms with Gasteiger partial charge in [0.15, 0.2) is 0 Å². The molecule has 1 aromatic carbocycles. The molecule has 2 bridgehead atoms. The van der Waals surface area contributed by atoms with Crippen LogP contribution < -0.4 is 4.74 Å². The van der Waals surface area contributed by atoms with E-state index in [9.17, 15) is 9.90 Å². The molecule has 1 amide bonds. The Morgan fingerprint density at radius 3 is 2.76 bits per heavy atom. The molecule has 3 fully saturated rings. The number of likely N-dealkylation sites (tertiary alicyclic amines) is 2. The molecule has 6 nitrogen and oxygen atoms in total. The number of rotatable bonds is 4. The fraction of sp³-hybridized carbons (Fsp3) is 0.556. The van der Waals surface area contributed by atoms with Crippen molar-refractivity contribution in [1.29, 1.82) is 0 Å². The van der Waals surface area contributed by atoms with Crippen LogP contribution in [0.3, 0.4) is 0 Å². The van der Waals surface area contributed by atoms with Crippen LogP contribution in [0.5, 0.6) is 5.75 Å². The van der Waals surface area contributed by atoms with Gasteiger partial charge in [-0.2, -0.15) is 0 Å². The molecule has 0 radical (unpaired) electrons. The van der Waals surface area contributed by atoms with E-state index in [-0.39, 0.29) is 17.4 Å². The van der Waals surface area contributed by atoms with Crippen LogP contribution in [0.25, 0.3) is 0 Å². The summed E-state index contributed by atoms with van der Waals surface area (Å²) in [4.78, 5) is 21.9. The second kappa shape index (κ2) is 7.81. The number of carbonyl (C=O) groups excluding carboxylic acids is 1. The van der Waals surface area contributed by atoms with Gasteiger partial charge in [0.05, 0.1) is 18.3 Å². The average molecular weight is 448 g/mol. The van der Waals surface area contributed by atoms with E-state index in [0.717, 1.165) is 44.0 Å². The molecule has 2 saturated heterocycles. The molecular formula is C27H33N3O3. The highest BCUT2D eigenvalue weighted by molar-refractivity contribution is 5.93. The Morgan fingerprint density at radius 2 is 2.00 bits per heavy atom. The van der Waals surface area contributed by atoms with E-state index >= 15 is 0 Å². The van der Waals surface area contributed by atoms with Gasteiger partial charge in [-0.05, 0) is 86.4 Å². The molecule has 2 aromatic rings. The summed E-state index contributed by atoms with van der Waals surface area (Å²) in [5.74, 6) is 1.64.